The summed E-state index contributed by atoms with van der Waals surface area (Å²) in [6.45, 7) is 1.04. The van der Waals surface area contributed by atoms with Gasteiger partial charge in [0.05, 0.1) is 11.9 Å². The Morgan fingerprint density at radius 3 is 2.58 bits per heavy atom. The Labute approximate surface area is 140 Å². The van der Waals surface area contributed by atoms with Crippen LogP contribution in [0.25, 0.3) is 5.69 Å². The summed E-state index contributed by atoms with van der Waals surface area (Å²) in [6, 6.07) is 13.5. The molecule has 0 aliphatic carbocycles. The summed E-state index contributed by atoms with van der Waals surface area (Å²) in [7, 11) is 0. The van der Waals surface area contributed by atoms with Gasteiger partial charge in [-0.2, -0.15) is 5.10 Å². The summed E-state index contributed by atoms with van der Waals surface area (Å²) in [5, 5.41) is 10.0. The number of pyridine rings is 1. The van der Waals surface area contributed by atoms with Crippen molar-refractivity contribution in [2.75, 3.05) is 6.54 Å². The van der Waals surface area contributed by atoms with E-state index in [4.69, 9.17) is 0 Å². The molecule has 2 heterocycles. The molecular weight excluding hydrogens is 302 g/mol. The van der Waals surface area contributed by atoms with E-state index in [1.54, 1.807) is 12.4 Å². The van der Waals surface area contributed by atoms with Gasteiger partial charge < -0.3 is 10.6 Å². The summed E-state index contributed by atoms with van der Waals surface area (Å²) in [5.74, 6) is 0. The van der Waals surface area contributed by atoms with Gasteiger partial charge in [-0.3, -0.25) is 4.98 Å². The van der Waals surface area contributed by atoms with Crippen molar-refractivity contribution in [1.29, 1.82) is 0 Å². The Balaban J connectivity index is 1.42. The number of para-hydroxylation sites is 1. The molecule has 6 heteroatoms. The van der Waals surface area contributed by atoms with E-state index in [1.807, 2.05) is 59.5 Å². The molecule has 1 aromatic carbocycles. The summed E-state index contributed by atoms with van der Waals surface area (Å²) < 4.78 is 1.83. The lowest BCUT2D eigenvalue weighted by Gasteiger charge is -2.07. The van der Waals surface area contributed by atoms with Crippen LogP contribution in [0, 0.1) is 0 Å². The standard InChI is InChI=1S/C18H19N5O/c24-18(21-12-15-6-9-19-10-7-15)20-11-8-16-13-22-23(14-16)17-4-2-1-3-5-17/h1-7,9-10,13-14H,8,11-12H2,(H2,20,21,24). The summed E-state index contributed by atoms with van der Waals surface area (Å²) in [5.41, 5.74) is 3.12. The van der Waals surface area contributed by atoms with E-state index in [-0.39, 0.29) is 6.03 Å². The Kier molecular flexibility index (Phi) is 5.19. The first kappa shape index (κ1) is 15.7. The van der Waals surface area contributed by atoms with Gasteiger partial charge in [0.2, 0.25) is 0 Å². The Morgan fingerprint density at radius 1 is 1.00 bits per heavy atom. The van der Waals surface area contributed by atoms with Crippen molar-refractivity contribution >= 4 is 6.03 Å². The molecule has 122 valence electrons. The molecule has 0 saturated carbocycles. The van der Waals surface area contributed by atoms with Crippen LogP contribution >= 0.6 is 0 Å². The summed E-state index contributed by atoms with van der Waals surface area (Å²) in [4.78, 5) is 15.7. The molecule has 6 nitrogen and oxygen atoms in total. The number of amides is 2. The van der Waals surface area contributed by atoms with E-state index in [1.165, 1.54) is 0 Å². The van der Waals surface area contributed by atoms with Crippen LogP contribution < -0.4 is 10.6 Å². The molecule has 0 bridgehead atoms. The predicted molar refractivity (Wildman–Crippen MR) is 91.7 cm³/mol. The fraction of sp³-hybridized carbons (Fsp3) is 0.167. The molecule has 0 aliphatic rings. The van der Waals surface area contributed by atoms with Crippen molar-refractivity contribution in [1.82, 2.24) is 25.4 Å². The molecule has 0 aliphatic heterocycles. The number of aromatic nitrogens is 3. The maximum Gasteiger partial charge on any atom is 0.315 e. The number of carbonyl (C=O) groups excluding carboxylic acids is 1. The van der Waals surface area contributed by atoms with Crippen LogP contribution in [0.2, 0.25) is 0 Å². The van der Waals surface area contributed by atoms with Gasteiger partial charge in [0, 0.05) is 31.7 Å². The number of nitrogens with one attached hydrogen (secondary N) is 2. The van der Waals surface area contributed by atoms with Gasteiger partial charge in [-0.25, -0.2) is 9.48 Å². The second-order valence-electron chi connectivity index (χ2n) is 5.34. The molecular formula is C18H19N5O. The zero-order valence-corrected chi connectivity index (χ0v) is 13.2. The molecule has 0 unspecified atom stereocenters. The minimum atomic E-state index is -0.178. The van der Waals surface area contributed by atoms with Crippen molar-refractivity contribution < 1.29 is 4.79 Å². The van der Waals surface area contributed by atoms with E-state index in [0.29, 0.717) is 13.1 Å². The van der Waals surface area contributed by atoms with Gasteiger partial charge in [0.1, 0.15) is 0 Å². The Bertz CT molecular complexity index is 770. The molecule has 3 rings (SSSR count). The highest BCUT2D eigenvalue weighted by molar-refractivity contribution is 5.73. The third-order valence-corrected chi connectivity index (χ3v) is 3.56. The first-order chi connectivity index (χ1) is 11.8. The highest BCUT2D eigenvalue weighted by Crippen LogP contribution is 2.07. The van der Waals surface area contributed by atoms with Crippen LogP contribution in [-0.2, 0) is 13.0 Å². The smallest absolute Gasteiger partial charge is 0.315 e. The van der Waals surface area contributed by atoms with Crippen molar-refractivity contribution in [3.63, 3.8) is 0 Å². The lowest BCUT2D eigenvalue weighted by molar-refractivity contribution is 0.240. The van der Waals surface area contributed by atoms with Gasteiger partial charge in [-0.05, 0) is 41.8 Å². The summed E-state index contributed by atoms with van der Waals surface area (Å²) in [6.07, 6.45) is 7.95. The van der Waals surface area contributed by atoms with Crippen molar-refractivity contribution in [3.8, 4) is 5.69 Å². The van der Waals surface area contributed by atoms with Crippen molar-refractivity contribution in [3.05, 3.63) is 78.4 Å². The largest absolute Gasteiger partial charge is 0.338 e. The van der Waals surface area contributed by atoms with E-state index in [0.717, 1.165) is 23.2 Å². The van der Waals surface area contributed by atoms with Gasteiger partial charge in [0.25, 0.3) is 0 Å². The van der Waals surface area contributed by atoms with Crippen molar-refractivity contribution in [2.45, 2.75) is 13.0 Å². The van der Waals surface area contributed by atoms with Gasteiger partial charge >= 0.3 is 6.03 Å². The van der Waals surface area contributed by atoms with Crippen molar-refractivity contribution in [2.24, 2.45) is 0 Å². The van der Waals surface area contributed by atoms with Gasteiger partial charge in [0.15, 0.2) is 0 Å². The van der Waals surface area contributed by atoms with Crippen LogP contribution in [-0.4, -0.2) is 27.3 Å². The number of urea groups is 1. The quantitative estimate of drug-likeness (QED) is 0.732. The van der Waals surface area contributed by atoms with E-state index in [9.17, 15) is 4.79 Å². The highest BCUT2D eigenvalue weighted by Gasteiger charge is 2.03. The number of nitrogens with zero attached hydrogens (tertiary/aromatic N) is 3. The van der Waals surface area contributed by atoms with Crippen LogP contribution in [0.3, 0.4) is 0 Å². The molecule has 24 heavy (non-hydrogen) atoms. The van der Waals surface area contributed by atoms with Crippen LogP contribution in [0.4, 0.5) is 4.79 Å². The maximum absolute atomic E-state index is 11.8. The number of hydrogen-bond donors (Lipinski definition) is 2. The van der Waals surface area contributed by atoms with Crippen LogP contribution in [0.1, 0.15) is 11.1 Å². The number of hydrogen-bond acceptors (Lipinski definition) is 3. The fourth-order valence-corrected chi connectivity index (χ4v) is 2.28. The number of carbonyl (C=O) groups is 1. The van der Waals surface area contributed by atoms with E-state index < -0.39 is 0 Å². The van der Waals surface area contributed by atoms with Gasteiger partial charge in [-0.1, -0.05) is 18.2 Å². The SMILES string of the molecule is O=C(NCCc1cnn(-c2ccccc2)c1)NCc1ccncc1. The minimum Gasteiger partial charge on any atom is -0.338 e. The molecule has 0 fully saturated rings. The molecule has 0 spiro atoms. The van der Waals surface area contributed by atoms with Gasteiger partial charge in [-0.15, -0.1) is 0 Å². The average molecular weight is 321 g/mol. The Hall–Kier alpha value is -3.15. The Morgan fingerprint density at radius 2 is 1.79 bits per heavy atom. The van der Waals surface area contributed by atoms with Crippen LogP contribution in [0.5, 0.6) is 0 Å². The molecule has 3 aromatic rings. The zero-order chi connectivity index (χ0) is 16.6. The zero-order valence-electron chi connectivity index (χ0n) is 13.2. The lowest BCUT2D eigenvalue weighted by atomic mass is 10.2. The highest BCUT2D eigenvalue weighted by atomic mass is 16.2. The first-order valence-electron chi connectivity index (χ1n) is 7.81. The monoisotopic (exact) mass is 321 g/mol. The fourth-order valence-electron chi connectivity index (χ4n) is 2.28. The average Bonchev–Trinajstić information content (AvgIpc) is 3.11. The summed E-state index contributed by atoms with van der Waals surface area (Å²) >= 11 is 0. The second-order valence-corrected chi connectivity index (χ2v) is 5.34. The van der Waals surface area contributed by atoms with E-state index in [2.05, 4.69) is 20.7 Å². The molecule has 0 atom stereocenters. The molecule has 0 radical (unpaired) electrons. The van der Waals surface area contributed by atoms with E-state index >= 15 is 0 Å². The maximum atomic E-state index is 11.8. The number of rotatable bonds is 6. The minimum absolute atomic E-state index is 0.178. The lowest BCUT2D eigenvalue weighted by Crippen LogP contribution is -2.36. The van der Waals surface area contributed by atoms with Crippen LogP contribution in [0.15, 0.2) is 67.3 Å². The number of benzene rings is 1. The first-order valence-corrected chi connectivity index (χ1v) is 7.81. The molecule has 2 N–H and O–H groups in total. The third kappa shape index (κ3) is 4.42. The normalized spacial score (nSPS) is 10.3. The topological polar surface area (TPSA) is 71.8 Å². The predicted octanol–water partition coefficient (Wildman–Crippen LogP) is 2.31. The molecule has 2 aromatic heterocycles. The third-order valence-electron chi connectivity index (χ3n) is 3.56. The molecule has 0 saturated heterocycles. The second kappa shape index (κ2) is 7.92. The molecule has 2 amide bonds.